The number of aromatic nitrogens is 4. The highest BCUT2D eigenvalue weighted by atomic mass is 35.5. The number of ether oxygens (including phenoxy) is 4. The number of carbonyl (C=O) groups is 1. The number of carboxylic acids is 1. The number of para-hydroxylation sites is 2. The zero-order chi connectivity index (χ0) is 45.3. The van der Waals surface area contributed by atoms with Crippen molar-refractivity contribution in [3.05, 3.63) is 113 Å². The van der Waals surface area contributed by atoms with E-state index in [1.165, 1.54) is 24.2 Å². The Labute approximate surface area is 387 Å². The summed E-state index contributed by atoms with van der Waals surface area (Å²) in [4.78, 5) is 36.7. The fourth-order valence-electron chi connectivity index (χ4n) is 7.94. The number of piperazine rings is 1. The van der Waals surface area contributed by atoms with Crippen LogP contribution in [0.5, 0.6) is 23.1 Å². The largest absolute Gasteiger partial charge is 0.496 e. The Morgan fingerprint density at radius 1 is 1.00 bits per heavy atom. The number of allylic oxidation sites excluding steroid dienone is 1. The Hall–Kier alpha value is -6.13. The predicted octanol–water partition coefficient (Wildman–Crippen LogP) is 8.24. The molecule has 1 saturated carbocycles. The van der Waals surface area contributed by atoms with Crippen molar-refractivity contribution in [2.45, 2.75) is 45.3 Å². The monoisotopic (exact) mass is 916 g/mol. The average molecular weight is 918 g/mol. The summed E-state index contributed by atoms with van der Waals surface area (Å²) in [5, 5.41) is 11.7. The molecule has 2 aliphatic rings. The molecule has 3 aromatic heterocycles. The number of benzene rings is 3. The summed E-state index contributed by atoms with van der Waals surface area (Å²) in [6.07, 6.45) is 8.80. The molecule has 2 fully saturated rings. The number of nitrogens with two attached hydrogens (primary N) is 1. The van der Waals surface area contributed by atoms with Gasteiger partial charge >= 0.3 is 5.97 Å². The van der Waals surface area contributed by atoms with Crippen LogP contribution >= 0.6 is 23.1 Å². The number of carboxylic acid groups (broad SMARTS) is 1. The summed E-state index contributed by atoms with van der Waals surface area (Å²) in [6, 6.07) is 20.4. The van der Waals surface area contributed by atoms with E-state index in [1.807, 2.05) is 61.5 Å². The maximum absolute atomic E-state index is 13.1. The van der Waals surface area contributed by atoms with Gasteiger partial charge in [-0.15, -0.1) is 0 Å². The highest BCUT2D eigenvalue weighted by Gasteiger charge is 2.28. The first kappa shape index (κ1) is 45.4. The molecule has 3 N–H and O–H groups in total. The van der Waals surface area contributed by atoms with Gasteiger partial charge in [-0.2, -0.15) is 4.37 Å². The van der Waals surface area contributed by atoms with Gasteiger partial charge in [-0.25, -0.2) is 14.8 Å². The maximum atomic E-state index is 13.1. The van der Waals surface area contributed by atoms with E-state index in [0.717, 1.165) is 62.3 Å². The van der Waals surface area contributed by atoms with Crippen molar-refractivity contribution < 1.29 is 28.8 Å². The van der Waals surface area contributed by atoms with Crippen molar-refractivity contribution in [2.75, 3.05) is 60.0 Å². The number of halogens is 1. The summed E-state index contributed by atoms with van der Waals surface area (Å²) in [7, 11) is 3.74. The van der Waals surface area contributed by atoms with Gasteiger partial charge in [0.25, 0.3) is 0 Å². The number of rotatable bonds is 19. The van der Waals surface area contributed by atoms with Gasteiger partial charge in [-0.05, 0) is 91.3 Å². The maximum Gasteiger partial charge on any atom is 0.345 e. The molecule has 0 bridgehead atoms. The zero-order valence-corrected chi connectivity index (χ0v) is 38.4. The highest BCUT2D eigenvalue weighted by Crippen LogP contribution is 2.45. The smallest absolute Gasteiger partial charge is 0.345 e. The molecule has 1 aliphatic heterocycles. The van der Waals surface area contributed by atoms with E-state index in [1.54, 1.807) is 37.9 Å². The molecule has 8 rings (SSSR count). The molecule has 6 aromatic rings. The number of methoxy groups -OCH3 is 1. The predicted molar refractivity (Wildman–Crippen MR) is 255 cm³/mol. The molecule has 338 valence electrons. The van der Waals surface area contributed by atoms with Crippen LogP contribution in [0.25, 0.3) is 38.2 Å². The first-order valence-electron chi connectivity index (χ1n) is 21.8. The van der Waals surface area contributed by atoms with Crippen LogP contribution in [0.4, 0.5) is 0 Å². The molecule has 14 nitrogen and oxygen atoms in total. The quantitative estimate of drug-likeness (QED) is 0.0746. The van der Waals surface area contributed by atoms with Crippen LogP contribution in [0.3, 0.4) is 0 Å². The molecule has 16 heteroatoms. The second-order valence-electron chi connectivity index (χ2n) is 16.3. The van der Waals surface area contributed by atoms with E-state index in [0.29, 0.717) is 85.3 Å². The van der Waals surface area contributed by atoms with Crippen LogP contribution < -0.4 is 24.7 Å². The zero-order valence-electron chi connectivity index (χ0n) is 36.8. The third-order valence-corrected chi connectivity index (χ3v) is 13.2. The fraction of sp³-hybridized carbons (Fsp3) is 0.347. The lowest BCUT2D eigenvalue weighted by Gasteiger charge is -2.32. The SMILES string of the molecule is COc1ccccc1-c1nccc(COc2ccccc2C[C@@H](Oc2nsc3cnc(C(C=NCC4CCC4)=CN)c(-c4ccc(OCCN5CCN(C)CC5)c(Cl)c4C)c23)C(=O)O)n1. The Balaban J connectivity index is 1.08. The fourth-order valence-corrected chi connectivity index (χ4v) is 8.86. The summed E-state index contributed by atoms with van der Waals surface area (Å²) in [6.45, 7) is 8.06. The van der Waals surface area contributed by atoms with Crippen LogP contribution in [0, 0.1) is 12.8 Å². The van der Waals surface area contributed by atoms with Gasteiger partial charge in [-0.1, -0.05) is 54.4 Å². The minimum Gasteiger partial charge on any atom is -0.496 e. The molecule has 0 unspecified atom stereocenters. The standard InChI is InChI=1S/C49H53ClN8O6S/c1-31-36(15-16-40(45(31)50)62-24-23-58-21-19-57(2)20-22-58)43-44-42(29-54-46(43)34(26-51)28-52-27-32-9-8-10-32)65-56-48(44)64-41(49(59)60)25-33-11-4-6-13-38(33)63-30-35-17-18-53-47(55-35)37-12-5-7-14-39(37)61-3/h4-7,11-18,26,28-29,32,41H,8-10,19-25,27,30,51H2,1-3H3,(H,59,60)/t41-/m1/s1. The van der Waals surface area contributed by atoms with Gasteiger partial charge in [-0.3, -0.25) is 14.9 Å². The first-order chi connectivity index (χ1) is 31.7. The highest BCUT2D eigenvalue weighted by molar-refractivity contribution is 7.13. The summed E-state index contributed by atoms with van der Waals surface area (Å²) in [5.74, 6) is 1.74. The molecule has 3 aromatic carbocycles. The van der Waals surface area contributed by atoms with Crippen LogP contribution in [0.1, 0.15) is 41.8 Å². The van der Waals surface area contributed by atoms with E-state index in [2.05, 4.69) is 21.8 Å². The van der Waals surface area contributed by atoms with Crippen molar-refractivity contribution in [3.8, 4) is 45.6 Å². The van der Waals surface area contributed by atoms with Crippen molar-refractivity contribution in [3.63, 3.8) is 0 Å². The number of likely N-dealkylation sites (N-methyl/N-ethyl adjacent to an activating group) is 1. The van der Waals surface area contributed by atoms with Crippen LogP contribution in [-0.4, -0.2) is 113 Å². The number of hydrogen-bond acceptors (Lipinski definition) is 14. The van der Waals surface area contributed by atoms with Crippen LogP contribution in [0.15, 0.2) is 90.3 Å². The molecular formula is C49H53ClN8O6S. The van der Waals surface area contributed by atoms with Crippen LogP contribution in [-0.2, 0) is 17.8 Å². The lowest BCUT2D eigenvalue weighted by atomic mass is 9.86. The van der Waals surface area contributed by atoms with E-state index < -0.39 is 12.1 Å². The van der Waals surface area contributed by atoms with Gasteiger partial charge in [0, 0.05) is 81.6 Å². The molecule has 4 heterocycles. The van der Waals surface area contributed by atoms with E-state index >= 15 is 0 Å². The molecule has 0 spiro atoms. The second kappa shape index (κ2) is 21.2. The number of aliphatic imine (C=N–C) groups is 1. The number of fused-ring (bicyclic) bond motifs is 1. The Morgan fingerprint density at radius 3 is 2.54 bits per heavy atom. The van der Waals surface area contributed by atoms with E-state index in [-0.39, 0.29) is 18.9 Å². The van der Waals surface area contributed by atoms with E-state index in [4.69, 9.17) is 55.6 Å². The van der Waals surface area contributed by atoms with Gasteiger partial charge in [0.15, 0.2) is 5.82 Å². The van der Waals surface area contributed by atoms with Crippen molar-refractivity contribution in [1.82, 2.24) is 29.1 Å². The third-order valence-electron chi connectivity index (χ3n) is 12.0. The van der Waals surface area contributed by atoms with Gasteiger partial charge < -0.3 is 34.7 Å². The van der Waals surface area contributed by atoms with Crippen molar-refractivity contribution >= 4 is 51.0 Å². The molecule has 0 radical (unpaired) electrons. The number of hydrogen-bond donors (Lipinski definition) is 2. The molecule has 0 amide bonds. The van der Waals surface area contributed by atoms with Gasteiger partial charge in [0.1, 0.15) is 30.5 Å². The lowest BCUT2D eigenvalue weighted by Crippen LogP contribution is -2.45. The Morgan fingerprint density at radius 2 is 1.78 bits per heavy atom. The lowest BCUT2D eigenvalue weighted by molar-refractivity contribution is -0.145. The van der Waals surface area contributed by atoms with Crippen molar-refractivity contribution in [2.24, 2.45) is 16.6 Å². The van der Waals surface area contributed by atoms with Crippen molar-refractivity contribution in [1.29, 1.82) is 0 Å². The summed E-state index contributed by atoms with van der Waals surface area (Å²) in [5.41, 5.74) is 11.6. The summed E-state index contributed by atoms with van der Waals surface area (Å²) >= 11 is 8.29. The van der Waals surface area contributed by atoms with Gasteiger partial charge in [0.05, 0.1) is 39.2 Å². The topological polar surface area (TPSA) is 171 Å². The molecule has 1 aliphatic carbocycles. The number of pyridine rings is 1. The third kappa shape index (κ3) is 10.7. The van der Waals surface area contributed by atoms with E-state index in [9.17, 15) is 9.90 Å². The van der Waals surface area contributed by atoms with Crippen LogP contribution in [0.2, 0.25) is 5.02 Å². The Kier molecular flexibility index (Phi) is 14.8. The number of nitrogens with zero attached hydrogens (tertiary/aromatic N) is 7. The minimum atomic E-state index is -1.35. The minimum absolute atomic E-state index is 0.0269. The first-order valence-corrected chi connectivity index (χ1v) is 22.9. The second-order valence-corrected chi connectivity index (χ2v) is 17.5. The summed E-state index contributed by atoms with van der Waals surface area (Å²) < 4.78 is 29.9. The Bertz CT molecular complexity index is 2680. The van der Waals surface area contributed by atoms with Gasteiger partial charge in [0.2, 0.25) is 12.0 Å². The molecular weight excluding hydrogens is 864 g/mol. The number of aliphatic carboxylic acids is 1. The molecule has 65 heavy (non-hydrogen) atoms. The normalized spacial score (nSPS) is 15.5. The molecule has 1 saturated heterocycles. The molecule has 1 atom stereocenters. The average Bonchev–Trinajstić information content (AvgIpc) is 3.72.